The summed E-state index contributed by atoms with van der Waals surface area (Å²) in [5, 5.41) is 2.61. The van der Waals surface area contributed by atoms with Gasteiger partial charge in [-0.3, -0.25) is 9.59 Å². The lowest BCUT2D eigenvalue weighted by Crippen LogP contribution is -2.54. The Morgan fingerprint density at radius 2 is 2.12 bits per heavy atom. The van der Waals surface area contributed by atoms with Gasteiger partial charge in [0.25, 0.3) is 5.91 Å². The van der Waals surface area contributed by atoms with Crippen LogP contribution >= 0.6 is 0 Å². The van der Waals surface area contributed by atoms with Crippen molar-refractivity contribution in [2.45, 2.75) is 6.04 Å². The number of morpholine rings is 1. The average Bonchev–Trinajstić information content (AvgIpc) is 2.38. The zero-order chi connectivity index (χ0) is 12.3. The second-order valence-corrected chi connectivity index (χ2v) is 3.87. The zero-order valence-electron chi connectivity index (χ0n) is 9.55. The molecule has 1 unspecified atom stereocenters. The zero-order valence-corrected chi connectivity index (χ0v) is 9.55. The third-order valence-electron chi connectivity index (χ3n) is 2.63. The Kier molecular flexibility index (Phi) is 3.39. The van der Waals surface area contributed by atoms with Crippen LogP contribution in [0.25, 0.3) is 0 Å². The van der Waals surface area contributed by atoms with Gasteiger partial charge in [-0.05, 0) is 12.1 Å². The molecule has 1 N–H and O–H groups in total. The van der Waals surface area contributed by atoms with E-state index in [1.807, 2.05) is 30.3 Å². The molecule has 1 heterocycles. The van der Waals surface area contributed by atoms with Crippen molar-refractivity contribution in [1.29, 1.82) is 0 Å². The van der Waals surface area contributed by atoms with Gasteiger partial charge in [0.1, 0.15) is 12.6 Å². The summed E-state index contributed by atoms with van der Waals surface area (Å²) in [5.41, 5.74) is 0.789. The summed E-state index contributed by atoms with van der Waals surface area (Å²) < 4.78 is 5.04. The summed E-state index contributed by atoms with van der Waals surface area (Å²) in [6.07, 6.45) is 0. The number of likely N-dealkylation sites (N-methyl/N-ethyl adjacent to an activating group) is 1. The van der Waals surface area contributed by atoms with Crippen molar-refractivity contribution in [3.63, 3.8) is 0 Å². The lowest BCUT2D eigenvalue weighted by atomic mass is 10.2. The van der Waals surface area contributed by atoms with Crippen molar-refractivity contribution in [2.24, 2.45) is 0 Å². The van der Waals surface area contributed by atoms with E-state index in [1.54, 1.807) is 7.05 Å². The first-order valence-electron chi connectivity index (χ1n) is 5.38. The molecule has 1 atom stereocenters. The fourth-order valence-electron chi connectivity index (χ4n) is 1.69. The molecule has 0 radical (unpaired) electrons. The Bertz CT molecular complexity index is 419. The summed E-state index contributed by atoms with van der Waals surface area (Å²) in [4.78, 5) is 24.7. The molecule has 5 heteroatoms. The summed E-state index contributed by atoms with van der Waals surface area (Å²) in [5.74, 6) is -0.430. The highest BCUT2D eigenvalue weighted by Gasteiger charge is 2.28. The molecule has 5 nitrogen and oxygen atoms in total. The Hall–Kier alpha value is -1.88. The Labute approximate surface area is 99.4 Å². The molecule has 0 aromatic heterocycles. The number of anilines is 1. The first-order chi connectivity index (χ1) is 8.18. The van der Waals surface area contributed by atoms with Crippen molar-refractivity contribution >= 4 is 17.5 Å². The number of para-hydroxylation sites is 1. The average molecular weight is 234 g/mol. The van der Waals surface area contributed by atoms with Gasteiger partial charge in [0, 0.05) is 12.7 Å². The van der Waals surface area contributed by atoms with Crippen LogP contribution in [0, 0.1) is 0 Å². The highest BCUT2D eigenvalue weighted by atomic mass is 16.5. The number of hydrogen-bond donors (Lipinski definition) is 1. The molecule has 1 aliphatic heterocycles. The Morgan fingerprint density at radius 3 is 2.76 bits per heavy atom. The molecule has 1 saturated heterocycles. The minimum atomic E-state index is -0.596. The van der Waals surface area contributed by atoms with E-state index < -0.39 is 6.04 Å². The number of carbonyl (C=O) groups is 2. The first-order valence-corrected chi connectivity index (χ1v) is 5.38. The molecule has 2 rings (SSSR count). The molecular formula is C12H14N2O3. The number of carbonyl (C=O) groups excluding carboxylic acids is 2. The van der Waals surface area contributed by atoms with Crippen LogP contribution in [-0.4, -0.2) is 38.1 Å². The largest absolute Gasteiger partial charge is 0.369 e. The van der Waals surface area contributed by atoms with Gasteiger partial charge >= 0.3 is 0 Å². The van der Waals surface area contributed by atoms with Crippen LogP contribution in [0.4, 0.5) is 5.69 Å². The van der Waals surface area contributed by atoms with Gasteiger partial charge in [-0.1, -0.05) is 18.2 Å². The minimum Gasteiger partial charge on any atom is -0.369 e. The summed E-state index contributed by atoms with van der Waals surface area (Å²) in [6, 6.07) is 8.67. The number of nitrogens with zero attached hydrogens (tertiary/aromatic N) is 1. The number of amides is 2. The van der Waals surface area contributed by atoms with Crippen LogP contribution in [-0.2, 0) is 14.3 Å². The predicted octanol–water partition coefficient (Wildman–Crippen LogP) is 0.164. The molecule has 1 aromatic carbocycles. The molecule has 90 valence electrons. The van der Waals surface area contributed by atoms with E-state index in [2.05, 4.69) is 5.32 Å². The molecule has 0 aliphatic carbocycles. The van der Waals surface area contributed by atoms with Gasteiger partial charge in [0.05, 0.1) is 6.61 Å². The van der Waals surface area contributed by atoms with E-state index >= 15 is 0 Å². The number of hydrogen-bond acceptors (Lipinski definition) is 3. The normalized spacial score (nSPS) is 19.6. The number of benzene rings is 1. The second-order valence-electron chi connectivity index (χ2n) is 3.87. The number of rotatable bonds is 2. The topological polar surface area (TPSA) is 58.6 Å². The smallest absolute Gasteiger partial charge is 0.251 e. The molecule has 1 aliphatic rings. The van der Waals surface area contributed by atoms with Gasteiger partial charge in [-0.25, -0.2) is 0 Å². The van der Waals surface area contributed by atoms with Crippen molar-refractivity contribution in [1.82, 2.24) is 5.32 Å². The van der Waals surface area contributed by atoms with Gasteiger partial charge in [0.15, 0.2) is 0 Å². The van der Waals surface area contributed by atoms with Crippen LogP contribution in [0.15, 0.2) is 30.3 Å². The first kappa shape index (κ1) is 11.6. The fraction of sp³-hybridized carbons (Fsp3) is 0.333. The van der Waals surface area contributed by atoms with Gasteiger partial charge < -0.3 is 15.0 Å². The number of nitrogens with one attached hydrogen (secondary N) is 1. The van der Waals surface area contributed by atoms with E-state index in [0.29, 0.717) is 0 Å². The number of ether oxygens (including phenoxy) is 1. The van der Waals surface area contributed by atoms with Crippen LogP contribution < -0.4 is 10.2 Å². The molecular weight excluding hydrogens is 220 g/mol. The van der Waals surface area contributed by atoms with Crippen LogP contribution in [0.5, 0.6) is 0 Å². The third-order valence-corrected chi connectivity index (χ3v) is 2.63. The molecule has 1 fully saturated rings. The summed E-state index contributed by atoms with van der Waals surface area (Å²) in [6.45, 7) is 0.251. The third kappa shape index (κ3) is 2.62. The van der Waals surface area contributed by atoms with Crippen LogP contribution in [0.3, 0.4) is 0 Å². The van der Waals surface area contributed by atoms with Crippen molar-refractivity contribution < 1.29 is 14.3 Å². The second kappa shape index (κ2) is 4.97. The van der Waals surface area contributed by atoms with Crippen LogP contribution in [0.2, 0.25) is 0 Å². The molecule has 0 saturated carbocycles. The molecule has 0 bridgehead atoms. The van der Waals surface area contributed by atoms with E-state index in [0.717, 1.165) is 5.69 Å². The maximum absolute atomic E-state index is 12.1. The summed E-state index contributed by atoms with van der Waals surface area (Å²) in [7, 11) is 1.68. The van der Waals surface area contributed by atoms with E-state index in [4.69, 9.17) is 4.74 Å². The minimum absolute atomic E-state index is 0.0266. The highest BCUT2D eigenvalue weighted by molar-refractivity contribution is 5.99. The van der Waals surface area contributed by atoms with E-state index in [9.17, 15) is 9.59 Å². The lowest BCUT2D eigenvalue weighted by molar-refractivity contribution is -0.137. The highest BCUT2D eigenvalue weighted by Crippen LogP contribution is 2.12. The van der Waals surface area contributed by atoms with Gasteiger partial charge in [-0.2, -0.15) is 0 Å². The van der Waals surface area contributed by atoms with Crippen molar-refractivity contribution in [3.05, 3.63) is 30.3 Å². The fourth-order valence-corrected chi connectivity index (χ4v) is 1.69. The predicted molar refractivity (Wildman–Crippen MR) is 62.6 cm³/mol. The Balaban J connectivity index is 2.07. The van der Waals surface area contributed by atoms with Crippen molar-refractivity contribution in [2.75, 3.05) is 25.2 Å². The SMILES string of the molecule is CN(C(=O)C1COCC(=O)N1)c1ccccc1. The monoisotopic (exact) mass is 234 g/mol. The van der Waals surface area contributed by atoms with Crippen molar-refractivity contribution in [3.8, 4) is 0 Å². The molecule has 2 amide bonds. The van der Waals surface area contributed by atoms with Crippen LogP contribution in [0.1, 0.15) is 0 Å². The molecule has 0 spiro atoms. The van der Waals surface area contributed by atoms with Gasteiger partial charge in [-0.15, -0.1) is 0 Å². The summed E-state index contributed by atoms with van der Waals surface area (Å²) >= 11 is 0. The quantitative estimate of drug-likeness (QED) is 0.793. The maximum Gasteiger partial charge on any atom is 0.251 e. The standard InChI is InChI=1S/C12H14N2O3/c1-14(9-5-3-2-4-6-9)12(16)10-7-17-8-11(15)13-10/h2-6,10H,7-8H2,1H3,(H,13,15). The van der Waals surface area contributed by atoms with E-state index in [-0.39, 0.29) is 25.0 Å². The lowest BCUT2D eigenvalue weighted by Gasteiger charge is -2.27. The van der Waals surface area contributed by atoms with Gasteiger partial charge in [0.2, 0.25) is 5.91 Å². The molecule has 1 aromatic rings. The van der Waals surface area contributed by atoms with E-state index in [1.165, 1.54) is 4.90 Å². The maximum atomic E-state index is 12.1. The molecule has 17 heavy (non-hydrogen) atoms. The Morgan fingerprint density at radius 1 is 1.41 bits per heavy atom.